The first-order valence-corrected chi connectivity index (χ1v) is 41.8. The number of pyridine rings is 4. The first kappa shape index (κ1) is 124. The number of aliphatic hydroxyl groups is 1. The van der Waals surface area contributed by atoms with Gasteiger partial charge in [0.1, 0.15) is 41.4 Å². The van der Waals surface area contributed by atoms with Crippen molar-refractivity contribution in [1.29, 1.82) is 0 Å². The Morgan fingerprint density at radius 2 is 0.772 bits per heavy atom. The maximum absolute atomic E-state index is 11.9. The number of unbranched alkanes of at least 4 members (excludes halogenated alkanes) is 3. The Morgan fingerprint density at radius 1 is 0.515 bits per heavy atom. The molecule has 3 radical (unpaired) electrons. The third-order valence-corrected chi connectivity index (χ3v) is 33.5. The number of rotatable bonds is 20. The van der Waals surface area contributed by atoms with Gasteiger partial charge in [-0.25, -0.2) is 59.0 Å². The van der Waals surface area contributed by atoms with Gasteiger partial charge >= 0.3 is 151 Å². The van der Waals surface area contributed by atoms with Crippen molar-refractivity contribution in [3.05, 3.63) is 112 Å². The molecule has 0 fully saturated rings. The van der Waals surface area contributed by atoms with Crippen LogP contribution in [0.4, 0.5) is 0 Å². The van der Waals surface area contributed by atoms with Crippen LogP contribution in [0, 0.1) is 121 Å². The second kappa shape index (κ2) is 66.4. The molecule has 8 aromatic heterocycles. The molecule has 3 N–H and O–H groups in total. The minimum atomic E-state index is -1.94. The molecular weight excluding hydrogens is 2780 g/mol. The Kier molecular flexibility index (Phi) is 81.4. The molecule has 0 aromatic carbocycles. The van der Waals surface area contributed by atoms with E-state index in [4.69, 9.17) is 36.0 Å². The van der Waals surface area contributed by atoms with Gasteiger partial charge in [-0.2, -0.15) is 0 Å². The molecule has 545 valence electrons. The van der Waals surface area contributed by atoms with E-state index in [-0.39, 0.29) is 272 Å². The molecule has 8 rings (SSSR count). The number of hydrogen-bond acceptors (Lipinski definition) is 21. The zero-order valence-electron chi connectivity index (χ0n) is 61.8. The van der Waals surface area contributed by atoms with Gasteiger partial charge in [0.05, 0.1) is 67.1 Å². The monoisotopic (exact) mass is 2880 g/mol. The van der Waals surface area contributed by atoms with Crippen molar-refractivity contribution in [3.8, 4) is 0 Å². The summed E-state index contributed by atoms with van der Waals surface area (Å²) < 4.78 is 21.3. The predicted octanol–water partition coefficient (Wildman–Crippen LogP) is 16.2. The molecule has 18 nitrogen and oxygen atoms in total. The number of esters is 3. The maximum Gasteiger partial charge on any atom is 1.00 e. The normalized spacial score (nSPS) is 9.48. The Bertz CT molecular complexity index is 3600. The predicted molar refractivity (Wildman–Crippen MR) is 382 cm³/mol. The molecule has 34 heteroatoms. The number of aromatic nitrogens is 8. The van der Waals surface area contributed by atoms with E-state index >= 15 is 0 Å². The number of fused-ring (bicyclic) bond motifs is 4. The zero-order chi connectivity index (χ0) is 68.0. The van der Waals surface area contributed by atoms with E-state index in [0.29, 0.717) is 41.5 Å². The zero-order valence-corrected chi connectivity index (χ0v) is 94.1. The summed E-state index contributed by atoms with van der Waals surface area (Å²) in [5, 5.41) is 20.6. The largest absolute Gasteiger partial charge is 1.00 e. The number of ether oxygens (including phenoxy) is 3. The number of aliphatic hydroxyl groups excluding tert-OH is 1. The topological polar surface area (TPSA) is 270 Å². The van der Waals surface area contributed by atoms with E-state index in [2.05, 4.69) is 101 Å². The molecule has 0 bridgehead atoms. The fourth-order valence-corrected chi connectivity index (χ4v) is 27.2. The molecule has 0 aliphatic rings. The van der Waals surface area contributed by atoms with Crippen LogP contribution in [0.2, 0.25) is 18.3 Å². The summed E-state index contributed by atoms with van der Waals surface area (Å²) in [6, 6.07) is 0. The first-order valence-electron chi connectivity index (χ1n) is 30.7. The van der Waals surface area contributed by atoms with Crippen LogP contribution in [-0.2, 0) is 133 Å². The van der Waals surface area contributed by atoms with E-state index in [1.807, 2.05) is 55.4 Å². The van der Waals surface area contributed by atoms with Crippen LogP contribution in [0.5, 0.6) is 0 Å². The molecule has 0 atom stereocenters. The van der Waals surface area contributed by atoms with E-state index < -0.39 is 30.3 Å². The van der Waals surface area contributed by atoms with Crippen LogP contribution < -0.4 is 18.9 Å². The van der Waals surface area contributed by atoms with E-state index in [1.54, 1.807) is 57.0 Å². The Morgan fingerprint density at radius 3 is 1.04 bits per heavy atom. The summed E-state index contributed by atoms with van der Waals surface area (Å²) in [5.41, 5.74) is 7.98. The van der Waals surface area contributed by atoms with Crippen molar-refractivity contribution < 1.29 is 280 Å². The van der Waals surface area contributed by atoms with Crippen LogP contribution in [0.3, 0.4) is 0 Å². The van der Waals surface area contributed by atoms with Gasteiger partial charge in [0.2, 0.25) is 0 Å². The molecule has 8 aromatic rings. The number of carbonyl (C=O) groups excluding carboxylic acids is 3. The van der Waals surface area contributed by atoms with Gasteiger partial charge in [-0.05, 0) is 91.9 Å². The number of carboxylic acid groups (broad SMARTS) is 1. The minimum absolute atomic E-state index is 0. The SMILES string of the molecule is C=C(C)c1c(C(=O)OCC)cnc2sc(C)nc12.C=C(C)c1c(C(=O)OCC)cnc2sc(C)nc12.C=[C](C)[Sn]([CH2]CCC)([CH2]CCC)[CH2]CCC.CCC.CCO.CCOC(=O)c1cnc2sc(C)nc2c1Cl.Cc1nc2c(C(C)C)c(C(=O)O)cnc2s1.[Li+].[OH-].[U].[U].[U].[V].[V].[V].[W].[W].[W]. The number of nitrogens with zero attached hydrogens (tertiary/aromatic N) is 8. The number of allylic oxidation sites excluding steroid dienone is 3. The molecule has 0 spiro atoms. The van der Waals surface area contributed by atoms with Crippen molar-refractivity contribution in [2.45, 2.75) is 189 Å². The Hall–Kier alpha value is 1.84. The second-order valence-electron chi connectivity index (χ2n) is 21.3. The molecule has 0 aliphatic carbocycles. The fourth-order valence-electron chi connectivity index (χ4n) is 9.18. The minimum Gasteiger partial charge on any atom is -0.870 e. The van der Waals surface area contributed by atoms with Gasteiger partial charge in [-0.3, -0.25) is 0 Å². The Labute approximate surface area is 786 Å². The van der Waals surface area contributed by atoms with Gasteiger partial charge in [0, 0.05) is 255 Å². The van der Waals surface area contributed by atoms with Crippen molar-refractivity contribution in [2.75, 3.05) is 26.4 Å². The van der Waals surface area contributed by atoms with Gasteiger partial charge < -0.3 is 29.9 Å². The van der Waals surface area contributed by atoms with Crippen molar-refractivity contribution in [1.82, 2.24) is 39.9 Å². The number of carbonyl (C=O) groups is 4. The number of carboxylic acids is 1. The van der Waals surface area contributed by atoms with Crippen LogP contribution in [0.1, 0.15) is 226 Å². The third kappa shape index (κ3) is 39.7. The number of aryl methyl sites for hydroxylation is 4. The van der Waals surface area contributed by atoms with Crippen LogP contribution in [0.15, 0.2) is 48.1 Å². The summed E-state index contributed by atoms with van der Waals surface area (Å²) in [6.07, 6.45) is 15.7. The van der Waals surface area contributed by atoms with Gasteiger partial charge in [-0.15, -0.1) is 0 Å². The summed E-state index contributed by atoms with van der Waals surface area (Å²) in [5.74, 6) is -2.04. The smallest absolute Gasteiger partial charge is 0.870 e. The third-order valence-electron chi connectivity index (χ3n) is 13.2. The van der Waals surface area contributed by atoms with Gasteiger partial charge in [0.25, 0.3) is 0 Å². The van der Waals surface area contributed by atoms with Crippen molar-refractivity contribution in [3.63, 3.8) is 0 Å². The number of hydrogen-bond donors (Lipinski definition) is 2. The molecule has 0 unspecified atom stereocenters. The fraction of sp³-hybridized carbons (Fsp3) is 0.493. The van der Waals surface area contributed by atoms with E-state index in [1.165, 1.54) is 103 Å². The van der Waals surface area contributed by atoms with E-state index in [9.17, 15) is 19.2 Å². The number of halogens is 1. The summed E-state index contributed by atoms with van der Waals surface area (Å²) in [7, 11) is 0. The van der Waals surface area contributed by atoms with Crippen LogP contribution in [-0.4, -0.2) is 124 Å². The molecule has 0 saturated heterocycles. The number of thiazole rings is 4. The number of aromatic carboxylic acids is 1. The summed E-state index contributed by atoms with van der Waals surface area (Å²) in [6.45, 7) is 49.2. The van der Waals surface area contributed by atoms with Crippen LogP contribution >= 0.6 is 56.9 Å². The van der Waals surface area contributed by atoms with Crippen molar-refractivity contribution >= 4 is 152 Å². The average molecular weight is 2880 g/mol. The molecule has 0 aliphatic heterocycles. The summed E-state index contributed by atoms with van der Waals surface area (Å²) >= 11 is 10.1. The second-order valence-corrected chi connectivity index (χ2v) is 40.4. The molecular formula is C67H96ClLiN8O10S4SnU3V3W3. The van der Waals surface area contributed by atoms with Crippen LogP contribution in [0.25, 0.3) is 52.5 Å². The first-order chi connectivity index (χ1) is 42.7. The van der Waals surface area contributed by atoms with Crippen molar-refractivity contribution in [2.24, 2.45) is 0 Å². The molecule has 0 saturated carbocycles. The van der Waals surface area contributed by atoms with E-state index in [0.717, 1.165) is 83.7 Å². The molecule has 0 amide bonds. The van der Waals surface area contributed by atoms with Gasteiger partial charge in [-0.1, -0.05) is 104 Å². The Balaban J connectivity index is -0.000000122. The molecule has 8 heterocycles. The standard InChI is InChI=1S/2C13H14N2O2S.C11H12N2O2S.C10H9ClN2O2S.3C4H9.C3H8.C3H5.C2H6O.Li.H2O.Sn.3U.3V.3W/c2*1-5-17-13(16)9-6-14-12-11(10(9)7(2)3)15-8(4)18-12;1-5(2)8-7(11(14)15)4-12-10-9(8)13-6(3)16-10;1-3-15-10(14)6-4-12-9-8(7(6)11)13-5(2)16-9;3*1-3-4-2;2*1-3-2;1-2-3;;;;;;;;;;;;/h2*6H,2,5H2,1,3-4H3;4-5H,1-3H3,(H,14,15);4H,3H2,1-2H3;3*1,3-4H2,2H3;3H2,1-2H3;1H2,2H3;3H,2H2,1H3;;1H2;;;;;;;;;;/q;;;;;;;;;;+1;;;;;;;;;;;/p-1. The maximum atomic E-state index is 11.9. The van der Waals surface area contributed by atoms with Gasteiger partial charge in [0.15, 0.2) is 0 Å². The quantitative estimate of drug-likeness (QED) is 0.0408. The summed E-state index contributed by atoms with van der Waals surface area (Å²) in [4.78, 5) is 83.9. The molecule has 101 heavy (non-hydrogen) atoms. The average Bonchev–Trinajstić information content (AvgIpc) is 1.72.